The van der Waals surface area contributed by atoms with E-state index in [4.69, 9.17) is 25.8 Å². The van der Waals surface area contributed by atoms with Crippen molar-refractivity contribution in [2.24, 2.45) is 5.92 Å². The number of carbonyl (C=O) groups is 1. The summed E-state index contributed by atoms with van der Waals surface area (Å²) in [5, 5.41) is 3.23. The second-order valence-electron chi connectivity index (χ2n) is 10.7. The Labute approximate surface area is 232 Å². The summed E-state index contributed by atoms with van der Waals surface area (Å²) in [5.41, 5.74) is 2.19. The molecule has 38 heavy (non-hydrogen) atoms. The fourth-order valence-corrected chi connectivity index (χ4v) is 6.87. The number of aromatic nitrogens is 1. The Morgan fingerprint density at radius 1 is 1.21 bits per heavy atom. The van der Waals surface area contributed by atoms with Crippen LogP contribution in [0.4, 0.5) is 0 Å². The number of aromatic amines is 1. The number of benzene rings is 1. The Kier molecular flexibility index (Phi) is 7.75. The molecule has 10 heteroatoms. The molecule has 1 atom stereocenters. The number of hydrogen-bond acceptors (Lipinski definition) is 7. The van der Waals surface area contributed by atoms with Gasteiger partial charge in [0, 0.05) is 72.9 Å². The predicted octanol–water partition coefficient (Wildman–Crippen LogP) is 4.67. The minimum atomic E-state index is -0.830. The van der Waals surface area contributed by atoms with Gasteiger partial charge in [-0.2, -0.15) is 0 Å². The van der Waals surface area contributed by atoms with Gasteiger partial charge in [-0.15, -0.1) is 11.8 Å². The van der Waals surface area contributed by atoms with Gasteiger partial charge in [0.1, 0.15) is 0 Å². The lowest BCUT2D eigenvalue weighted by molar-refractivity contribution is -0.130. The van der Waals surface area contributed by atoms with Gasteiger partial charge >= 0.3 is 0 Å². The standard InChI is InChI=1S/C28H36ClN3O5S/c1-15-10-23(38-5)21(27(34)31-15)12-30-26(33)20-11-22(29)25-24(16(20)2)36-28(3,37-25)17-6-8-18(9-7-17)32-13-19(14-32)35-4/h10-11,17-19H,6-9,12-14H2,1-5H3,(H,30,33)(H,31,34)/t17?,18?,28-/m0/s1. The summed E-state index contributed by atoms with van der Waals surface area (Å²) >= 11 is 8.10. The van der Waals surface area contributed by atoms with Crippen molar-refractivity contribution in [1.29, 1.82) is 0 Å². The van der Waals surface area contributed by atoms with Crippen LogP contribution in [0.1, 0.15) is 59.8 Å². The van der Waals surface area contributed by atoms with Gasteiger partial charge in [-0.1, -0.05) is 11.6 Å². The number of halogens is 1. The van der Waals surface area contributed by atoms with E-state index in [9.17, 15) is 9.59 Å². The monoisotopic (exact) mass is 561 g/mol. The second-order valence-corrected chi connectivity index (χ2v) is 12.0. The van der Waals surface area contributed by atoms with Crippen LogP contribution in [0, 0.1) is 19.8 Å². The highest BCUT2D eigenvalue weighted by Crippen LogP contribution is 2.51. The first kappa shape index (κ1) is 27.4. The molecule has 8 nitrogen and oxygen atoms in total. The first-order valence-corrected chi connectivity index (χ1v) is 14.8. The minimum Gasteiger partial charge on any atom is -0.448 e. The number of ether oxygens (including phenoxy) is 3. The molecule has 1 saturated heterocycles. The van der Waals surface area contributed by atoms with E-state index in [2.05, 4.69) is 15.2 Å². The van der Waals surface area contributed by atoms with E-state index in [0.29, 0.717) is 45.4 Å². The average Bonchev–Trinajstić information content (AvgIpc) is 3.24. The fraction of sp³-hybridized carbons (Fsp3) is 0.571. The van der Waals surface area contributed by atoms with E-state index < -0.39 is 5.79 Å². The number of methoxy groups -OCH3 is 1. The maximum Gasteiger partial charge on any atom is 0.254 e. The summed E-state index contributed by atoms with van der Waals surface area (Å²) in [5.74, 6) is 0.0903. The third-order valence-electron chi connectivity index (χ3n) is 8.33. The normalized spacial score (nSPS) is 25.3. The van der Waals surface area contributed by atoms with Crippen molar-refractivity contribution in [3.8, 4) is 11.5 Å². The molecule has 206 valence electrons. The molecule has 0 bridgehead atoms. The van der Waals surface area contributed by atoms with Crippen LogP contribution in [0.5, 0.6) is 11.5 Å². The van der Waals surface area contributed by atoms with Gasteiger partial charge in [0.05, 0.1) is 11.1 Å². The van der Waals surface area contributed by atoms with Crippen LogP contribution in [0.3, 0.4) is 0 Å². The summed E-state index contributed by atoms with van der Waals surface area (Å²) in [6.07, 6.45) is 6.45. The van der Waals surface area contributed by atoms with Gasteiger partial charge in [-0.05, 0) is 57.9 Å². The molecule has 0 spiro atoms. The van der Waals surface area contributed by atoms with Gasteiger partial charge in [-0.25, -0.2) is 0 Å². The van der Waals surface area contributed by atoms with Crippen LogP contribution in [0.15, 0.2) is 21.8 Å². The van der Waals surface area contributed by atoms with Crippen LogP contribution in [0.25, 0.3) is 0 Å². The minimum absolute atomic E-state index is 0.110. The number of amides is 1. The first-order valence-electron chi connectivity index (χ1n) is 13.2. The van der Waals surface area contributed by atoms with E-state index in [-0.39, 0.29) is 23.9 Å². The summed E-state index contributed by atoms with van der Waals surface area (Å²) in [6.45, 7) is 7.80. The highest BCUT2D eigenvalue weighted by Gasteiger charge is 2.48. The number of H-pyrrole nitrogens is 1. The number of nitrogens with one attached hydrogen (secondary N) is 2. The molecule has 2 aromatic rings. The first-order chi connectivity index (χ1) is 18.1. The van der Waals surface area contributed by atoms with Crippen molar-refractivity contribution in [1.82, 2.24) is 15.2 Å². The Bertz CT molecular complexity index is 1290. The molecule has 5 rings (SSSR count). The molecule has 2 aliphatic heterocycles. The van der Waals surface area contributed by atoms with E-state index in [1.54, 1.807) is 13.2 Å². The number of aryl methyl sites for hydroxylation is 1. The van der Waals surface area contributed by atoms with E-state index in [1.807, 2.05) is 33.1 Å². The Morgan fingerprint density at radius 3 is 2.55 bits per heavy atom. The van der Waals surface area contributed by atoms with Crippen molar-refractivity contribution >= 4 is 29.3 Å². The molecule has 0 unspecified atom stereocenters. The number of likely N-dealkylation sites (tertiary alicyclic amines) is 1. The van der Waals surface area contributed by atoms with Crippen molar-refractivity contribution in [3.63, 3.8) is 0 Å². The number of pyridine rings is 1. The van der Waals surface area contributed by atoms with E-state index >= 15 is 0 Å². The third kappa shape index (κ3) is 5.06. The molecule has 3 heterocycles. The summed E-state index contributed by atoms with van der Waals surface area (Å²) in [7, 11) is 1.78. The molecule has 0 radical (unpaired) electrons. The molecule has 1 aliphatic carbocycles. The molecule has 2 N–H and O–H groups in total. The number of thioether (sulfide) groups is 1. The van der Waals surface area contributed by atoms with Gasteiger partial charge in [-0.3, -0.25) is 14.5 Å². The van der Waals surface area contributed by atoms with E-state index in [1.165, 1.54) is 11.8 Å². The molecule has 1 aromatic carbocycles. The fourth-order valence-electron chi connectivity index (χ4n) is 5.93. The number of hydrogen-bond donors (Lipinski definition) is 2. The number of carbonyl (C=O) groups excluding carboxylic acids is 1. The number of nitrogens with zero attached hydrogens (tertiary/aromatic N) is 1. The van der Waals surface area contributed by atoms with Crippen LogP contribution in [-0.4, -0.2) is 60.2 Å². The van der Waals surface area contributed by atoms with Crippen molar-refractivity contribution in [2.75, 3.05) is 26.5 Å². The quantitative estimate of drug-likeness (QED) is 0.474. The summed E-state index contributed by atoms with van der Waals surface area (Å²) < 4.78 is 18.3. The topological polar surface area (TPSA) is 92.9 Å². The van der Waals surface area contributed by atoms with Crippen LogP contribution < -0.4 is 20.3 Å². The number of fused-ring (bicyclic) bond motifs is 1. The molecule has 2 fully saturated rings. The van der Waals surface area contributed by atoms with Gasteiger partial charge < -0.3 is 24.5 Å². The molecule has 1 amide bonds. The molecule has 1 aromatic heterocycles. The largest absolute Gasteiger partial charge is 0.448 e. The maximum atomic E-state index is 13.2. The van der Waals surface area contributed by atoms with Crippen LogP contribution in [-0.2, 0) is 11.3 Å². The van der Waals surface area contributed by atoms with E-state index in [0.717, 1.165) is 49.4 Å². The molecular formula is C28H36ClN3O5S. The van der Waals surface area contributed by atoms with Gasteiger partial charge in [0.15, 0.2) is 11.5 Å². The lowest BCUT2D eigenvalue weighted by Gasteiger charge is -2.47. The van der Waals surface area contributed by atoms with Crippen molar-refractivity contribution < 1.29 is 19.0 Å². The van der Waals surface area contributed by atoms with Gasteiger partial charge in [0.25, 0.3) is 17.3 Å². The Morgan fingerprint density at radius 2 is 1.89 bits per heavy atom. The zero-order valence-electron chi connectivity index (χ0n) is 22.6. The highest BCUT2D eigenvalue weighted by atomic mass is 35.5. The highest BCUT2D eigenvalue weighted by molar-refractivity contribution is 7.98. The number of rotatable bonds is 7. The molecule has 1 saturated carbocycles. The maximum absolute atomic E-state index is 13.2. The predicted molar refractivity (Wildman–Crippen MR) is 149 cm³/mol. The Hall–Kier alpha value is -2.20. The smallest absolute Gasteiger partial charge is 0.254 e. The second kappa shape index (κ2) is 10.8. The van der Waals surface area contributed by atoms with Crippen LogP contribution in [0.2, 0.25) is 5.02 Å². The third-order valence-corrected chi connectivity index (χ3v) is 9.42. The Balaban J connectivity index is 1.27. The van der Waals surface area contributed by atoms with Crippen molar-refractivity contribution in [3.05, 3.63) is 49.9 Å². The molecule has 3 aliphatic rings. The van der Waals surface area contributed by atoms with Gasteiger partial charge in [0.2, 0.25) is 0 Å². The SMILES string of the molecule is COC1CN(C2CCC([C@]3(C)Oc4c(Cl)cc(C(=O)NCc5c(SC)cc(C)[nH]c5=O)c(C)c4O3)CC2)C1. The average molecular weight is 562 g/mol. The lowest BCUT2D eigenvalue weighted by atomic mass is 9.80. The molecular weight excluding hydrogens is 526 g/mol. The zero-order chi connectivity index (χ0) is 27.2. The zero-order valence-corrected chi connectivity index (χ0v) is 24.2. The lowest BCUT2D eigenvalue weighted by Crippen LogP contribution is -2.57. The summed E-state index contributed by atoms with van der Waals surface area (Å²) in [4.78, 5) is 31.9. The summed E-state index contributed by atoms with van der Waals surface area (Å²) in [6, 6.07) is 4.12. The van der Waals surface area contributed by atoms with Crippen LogP contribution >= 0.6 is 23.4 Å². The van der Waals surface area contributed by atoms with Crippen molar-refractivity contribution in [2.45, 2.75) is 75.8 Å².